The van der Waals surface area contributed by atoms with E-state index in [1.165, 1.54) is 40.0 Å². The molecule has 9 nitrogen and oxygen atoms in total. The predicted octanol–water partition coefficient (Wildman–Crippen LogP) is 2.98. The van der Waals surface area contributed by atoms with Crippen molar-refractivity contribution in [2.75, 3.05) is 16.8 Å². The van der Waals surface area contributed by atoms with Gasteiger partial charge in [0.1, 0.15) is 5.69 Å². The molecule has 4 rings (SSSR count). The van der Waals surface area contributed by atoms with Gasteiger partial charge in [-0.05, 0) is 43.3 Å². The number of benzene rings is 1. The van der Waals surface area contributed by atoms with Crippen molar-refractivity contribution in [3.05, 3.63) is 71.3 Å². The van der Waals surface area contributed by atoms with Crippen molar-refractivity contribution in [1.82, 2.24) is 14.8 Å². The summed E-state index contributed by atoms with van der Waals surface area (Å²) in [6, 6.07) is 6.61. The third-order valence-electron chi connectivity index (χ3n) is 5.14. The Morgan fingerprint density at radius 2 is 1.79 bits per heavy atom. The lowest BCUT2D eigenvalue weighted by molar-refractivity contribution is -0.137. The Bertz CT molecular complexity index is 1240. The molecule has 2 aromatic heterocycles. The Morgan fingerprint density at radius 3 is 2.35 bits per heavy atom. The molecule has 0 radical (unpaired) electrons. The third-order valence-corrected chi connectivity index (χ3v) is 5.14. The molecule has 0 saturated heterocycles. The van der Waals surface area contributed by atoms with Crippen molar-refractivity contribution in [3.8, 4) is 0 Å². The number of carbonyl (C=O) groups is 3. The first-order valence-corrected chi connectivity index (χ1v) is 9.70. The molecule has 13 heteroatoms. The van der Waals surface area contributed by atoms with E-state index in [1.54, 1.807) is 6.92 Å². The van der Waals surface area contributed by atoms with Gasteiger partial charge in [0.2, 0.25) is 5.91 Å². The SMILES string of the molecule is C[C@H]1CN(c2ccc(C(F)(F)F)cc2)C(=O)c2c(NC(=O)c3ccc(C(N)=O)cn3)cnn21.S. The normalized spacial score (nSPS) is 15.4. The summed E-state index contributed by atoms with van der Waals surface area (Å²) in [5, 5.41) is 6.74. The number of fused-ring (bicyclic) bond motifs is 1. The number of primary amides is 1. The highest BCUT2D eigenvalue weighted by molar-refractivity contribution is 7.59. The number of rotatable bonds is 4. The zero-order valence-corrected chi connectivity index (χ0v) is 18.6. The number of alkyl halides is 3. The van der Waals surface area contributed by atoms with Gasteiger partial charge < -0.3 is 16.0 Å². The number of anilines is 2. The van der Waals surface area contributed by atoms with Crippen LogP contribution in [0.1, 0.15) is 49.9 Å². The summed E-state index contributed by atoms with van der Waals surface area (Å²) in [6.07, 6.45) is -2.02. The van der Waals surface area contributed by atoms with Gasteiger partial charge in [0.15, 0.2) is 5.69 Å². The van der Waals surface area contributed by atoms with E-state index in [0.29, 0.717) is 0 Å². The summed E-state index contributed by atoms with van der Waals surface area (Å²) in [7, 11) is 0. The maximum Gasteiger partial charge on any atom is 0.416 e. The Kier molecular flexibility index (Phi) is 6.68. The molecule has 34 heavy (non-hydrogen) atoms. The Labute approximate surface area is 198 Å². The summed E-state index contributed by atoms with van der Waals surface area (Å²) in [6.45, 7) is 1.97. The molecule has 3 heterocycles. The molecule has 1 aliphatic heterocycles. The molecule has 1 aromatic carbocycles. The molecule has 1 aliphatic rings. The number of nitrogens with zero attached hydrogens (tertiary/aromatic N) is 4. The number of aromatic nitrogens is 3. The number of halogens is 3. The van der Waals surface area contributed by atoms with Crippen LogP contribution in [-0.4, -0.2) is 39.0 Å². The van der Waals surface area contributed by atoms with Crippen molar-refractivity contribution in [3.63, 3.8) is 0 Å². The second-order valence-corrected chi connectivity index (χ2v) is 7.41. The highest BCUT2D eigenvalue weighted by atomic mass is 32.1. The highest BCUT2D eigenvalue weighted by Gasteiger charge is 2.35. The lowest BCUT2D eigenvalue weighted by atomic mass is 10.1. The molecule has 0 aliphatic carbocycles. The molecule has 3 N–H and O–H groups in total. The van der Waals surface area contributed by atoms with E-state index in [-0.39, 0.29) is 54.4 Å². The van der Waals surface area contributed by atoms with Gasteiger partial charge in [-0.15, -0.1) is 0 Å². The fourth-order valence-electron chi connectivity index (χ4n) is 3.47. The number of nitrogens with two attached hydrogens (primary N) is 1. The fourth-order valence-corrected chi connectivity index (χ4v) is 3.47. The van der Waals surface area contributed by atoms with E-state index < -0.39 is 29.5 Å². The van der Waals surface area contributed by atoms with Crippen LogP contribution in [0.4, 0.5) is 24.5 Å². The minimum absolute atomic E-state index is 0. The lowest BCUT2D eigenvalue weighted by Crippen LogP contribution is -2.43. The standard InChI is InChI=1S/C21H17F3N6O3.H2S/c1-11-10-29(14-5-3-13(4-6-14)21(22,23)24)20(33)17-16(9-27-30(11)17)28-19(32)15-7-2-12(8-26-15)18(25)31;/h2-9,11H,10H2,1H3,(H2,25,31)(H,28,32);1H2/t11-;/m0./s1. The van der Waals surface area contributed by atoms with Gasteiger partial charge >= 0.3 is 6.18 Å². The second kappa shape index (κ2) is 9.17. The first-order chi connectivity index (χ1) is 15.6. The van der Waals surface area contributed by atoms with Crippen LogP contribution in [-0.2, 0) is 6.18 Å². The van der Waals surface area contributed by atoms with Crippen LogP contribution in [0.15, 0.2) is 48.8 Å². The zero-order chi connectivity index (χ0) is 23.9. The Balaban J connectivity index is 0.00000324. The van der Waals surface area contributed by atoms with Crippen LogP contribution in [0.3, 0.4) is 0 Å². The van der Waals surface area contributed by atoms with Crippen LogP contribution in [0.25, 0.3) is 0 Å². The van der Waals surface area contributed by atoms with Crippen LogP contribution < -0.4 is 16.0 Å². The minimum atomic E-state index is -4.49. The van der Waals surface area contributed by atoms with Crippen molar-refractivity contribution >= 4 is 42.6 Å². The Morgan fingerprint density at radius 1 is 1.12 bits per heavy atom. The van der Waals surface area contributed by atoms with Gasteiger partial charge in [0, 0.05) is 18.4 Å². The van der Waals surface area contributed by atoms with Crippen molar-refractivity contribution in [2.45, 2.75) is 19.1 Å². The van der Waals surface area contributed by atoms with E-state index in [9.17, 15) is 27.6 Å². The zero-order valence-electron chi connectivity index (χ0n) is 17.6. The second-order valence-electron chi connectivity index (χ2n) is 7.41. The topological polar surface area (TPSA) is 123 Å². The summed E-state index contributed by atoms with van der Waals surface area (Å²) in [5.74, 6) is -1.87. The van der Waals surface area contributed by atoms with E-state index in [1.807, 2.05) is 0 Å². The summed E-state index contributed by atoms with van der Waals surface area (Å²) >= 11 is 0. The van der Waals surface area contributed by atoms with E-state index in [4.69, 9.17) is 5.73 Å². The largest absolute Gasteiger partial charge is 0.416 e. The van der Waals surface area contributed by atoms with Crippen LogP contribution >= 0.6 is 13.5 Å². The van der Waals surface area contributed by atoms with Gasteiger partial charge in [0.25, 0.3) is 11.8 Å². The summed E-state index contributed by atoms with van der Waals surface area (Å²) < 4.78 is 40.1. The predicted molar refractivity (Wildman–Crippen MR) is 121 cm³/mol. The number of nitrogens with one attached hydrogen (secondary N) is 1. The maximum absolute atomic E-state index is 13.2. The van der Waals surface area contributed by atoms with E-state index in [2.05, 4.69) is 15.4 Å². The fraction of sp³-hybridized carbons (Fsp3) is 0.190. The lowest BCUT2D eigenvalue weighted by Gasteiger charge is -2.32. The Hall–Kier alpha value is -3.87. The van der Waals surface area contributed by atoms with Crippen LogP contribution in [0.5, 0.6) is 0 Å². The number of hydrogen-bond acceptors (Lipinski definition) is 5. The van der Waals surface area contributed by atoms with Crippen molar-refractivity contribution in [1.29, 1.82) is 0 Å². The molecule has 0 bridgehead atoms. The molecule has 1 atom stereocenters. The highest BCUT2D eigenvalue weighted by Crippen LogP contribution is 2.33. The van der Waals surface area contributed by atoms with Gasteiger partial charge in [-0.1, -0.05) is 0 Å². The molecular weight excluding hydrogens is 473 g/mol. The maximum atomic E-state index is 13.2. The molecule has 178 valence electrons. The van der Waals surface area contributed by atoms with Gasteiger partial charge in [0.05, 0.1) is 29.1 Å². The first kappa shape index (κ1) is 24.8. The summed E-state index contributed by atoms with van der Waals surface area (Å²) in [4.78, 5) is 42.2. The minimum Gasteiger partial charge on any atom is -0.366 e. The summed E-state index contributed by atoms with van der Waals surface area (Å²) in [5.41, 5.74) is 4.93. The average Bonchev–Trinajstić information content (AvgIpc) is 3.20. The third kappa shape index (κ3) is 4.59. The average molecular weight is 492 g/mol. The number of carbonyl (C=O) groups excluding carboxylic acids is 3. The monoisotopic (exact) mass is 492 g/mol. The van der Waals surface area contributed by atoms with Crippen molar-refractivity contribution < 1.29 is 27.6 Å². The van der Waals surface area contributed by atoms with Crippen molar-refractivity contribution in [2.24, 2.45) is 5.73 Å². The molecule has 0 unspecified atom stereocenters. The molecule has 3 aromatic rings. The van der Waals surface area contributed by atoms with Crippen LogP contribution in [0.2, 0.25) is 0 Å². The molecule has 0 saturated carbocycles. The van der Waals surface area contributed by atoms with E-state index >= 15 is 0 Å². The van der Waals surface area contributed by atoms with Gasteiger partial charge in [-0.2, -0.15) is 31.8 Å². The number of hydrogen-bond donors (Lipinski definition) is 2. The molecule has 0 fully saturated rings. The molecule has 3 amide bonds. The molecule has 0 spiro atoms. The number of amides is 3. The van der Waals surface area contributed by atoms with Crippen LogP contribution in [0, 0.1) is 0 Å². The smallest absolute Gasteiger partial charge is 0.366 e. The van der Waals surface area contributed by atoms with Gasteiger partial charge in [-0.3, -0.25) is 24.0 Å². The van der Waals surface area contributed by atoms with Gasteiger partial charge in [-0.25, -0.2) is 0 Å². The number of pyridine rings is 1. The quantitative estimate of drug-likeness (QED) is 0.580. The molecular formula is C21H19F3N6O3S. The van der Waals surface area contributed by atoms with E-state index in [0.717, 1.165) is 18.3 Å². The first-order valence-electron chi connectivity index (χ1n) is 9.70.